The Morgan fingerprint density at radius 3 is 2.94 bits per heavy atom. The van der Waals surface area contributed by atoms with Gasteiger partial charge in [0.25, 0.3) is 0 Å². The molecule has 3 saturated carbocycles. The molecule has 96 valence electrons. The van der Waals surface area contributed by atoms with Crippen molar-refractivity contribution in [2.24, 2.45) is 23.2 Å². The van der Waals surface area contributed by atoms with Crippen molar-refractivity contribution >= 4 is 5.97 Å². The van der Waals surface area contributed by atoms with Crippen LogP contribution < -0.4 is 0 Å². The lowest BCUT2D eigenvalue weighted by molar-refractivity contribution is -0.142. The summed E-state index contributed by atoms with van der Waals surface area (Å²) in [5.74, 6) is 1.11. The summed E-state index contributed by atoms with van der Waals surface area (Å²) in [6, 6.07) is 0. The molecule has 0 spiro atoms. The van der Waals surface area contributed by atoms with Crippen molar-refractivity contribution in [1.82, 2.24) is 0 Å². The summed E-state index contributed by atoms with van der Waals surface area (Å²) >= 11 is 0. The summed E-state index contributed by atoms with van der Waals surface area (Å²) in [6.45, 7) is 8.21. The van der Waals surface area contributed by atoms with E-state index in [-0.39, 0.29) is 23.4 Å². The van der Waals surface area contributed by atoms with E-state index >= 15 is 0 Å². The highest BCUT2D eigenvalue weighted by molar-refractivity contribution is 5.92. The summed E-state index contributed by atoms with van der Waals surface area (Å²) in [5, 5.41) is 10.7. The molecule has 18 heavy (non-hydrogen) atoms. The van der Waals surface area contributed by atoms with Gasteiger partial charge in [0.15, 0.2) is 0 Å². The summed E-state index contributed by atoms with van der Waals surface area (Å²) < 4.78 is 5.42. The van der Waals surface area contributed by atoms with Crippen molar-refractivity contribution in [3.8, 4) is 0 Å². The van der Waals surface area contributed by atoms with Gasteiger partial charge in [0, 0.05) is 17.1 Å². The minimum atomic E-state index is -0.569. The second-order valence-electron chi connectivity index (χ2n) is 6.63. The average Bonchev–Trinajstić information content (AvgIpc) is 2.98. The van der Waals surface area contributed by atoms with E-state index in [0.29, 0.717) is 17.4 Å². The molecule has 1 heterocycles. The van der Waals surface area contributed by atoms with E-state index in [4.69, 9.17) is 4.74 Å². The predicted octanol–water partition coefficient (Wildman–Crippen LogP) is 1.82. The van der Waals surface area contributed by atoms with E-state index in [1.807, 2.05) is 0 Å². The molecule has 3 fully saturated rings. The number of carbonyl (C=O) groups is 1. The lowest BCUT2D eigenvalue weighted by Gasteiger charge is -2.45. The molecule has 0 saturated heterocycles. The highest BCUT2D eigenvalue weighted by atomic mass is 16.5. The third-order valence-electron chi connectivity index (χ3n) is 5.82. The van der Waals surface area contributed by atoms with E-state index < -0.39 is 6.10 Å². The minimum absolute atomic E-state index is 0.0697. The van der Waals surface area contributed by atoms with Crippen LogP contribution in [0.25, 0.3) is 0 Å². The van der Waals surface area contributed by atoms with Gasteiger partial charge in [-0.3, -0.25) is 0 Å². The Kier molecular flexibility index (Phi) is 1.74. The van der Waals surface area contributed by atoms with E-state index in [9.17, 15) is 9.90 Å². The zero-order chi connectivity index (χ0) is 12.8. The molecule has 0 amide bonds. The molecule has 6 unspecified atom stereocenters. The van der Waals surface area contributed by atoms with E-state index in [1.54, 1.807) is 6.92 Å². The number of fused-ring (bicyclic) bond motifs is 4. The summed E-state index contributed by atoms with van der Waals surface area (Å²) in [5.41, 5.74) is 2.71. The fraction of sp³-hybridized carbons (Fsp3) is 0.667. The first-order valence-corrected chi connectivity index (χ1v) is 6.73. The number of carbonyl (C=O) groups excluding carboxylic acids is 1. The molecular weight excluding hydrogens is 228 g/mol. The Morgan fingerprint density at radius 2 is 2.22 bits per heavy atom. The van der Waals surface area contributed by atoms with E-state index in [0.717, 1.165) is 12.0 Å². The first-order valence-electron chi connectivity index (χ1n) is 6.73. The van der Waals surface area contributed by atoms with Crippen LogP contribution in [0, 0.1) is 23.2 Å². The van der Waals surface area contributed by atoms with Gasteiger partial charge < -0.3 is 9.84 Å². The first-order chi connectivity index (χ1) is 8.45. The Bertz CT molecular complexity index is 518. The van der Waals surface area contributed by atoms with Crippen molar-refractivity contribution in [3.05, 3.63) is 23.3 Å². The Labute approximate surface area is 107 Å². The van der Waals surface area contributed by atoms with Gasteiger partial charge in [0.05, 0.1) is 6.10 Å². The molecule has 3 nitrogen and oxygen atoms in total. The van der Waals surface area contributed by atoms with Crippen LogP contribution in [0.4, 0.5) is 0 Å². The summed E-state index contributed by atoms with van der Waals surface area (Å²) in [4.78, 5) is 11.7. The van der Waals surface area contributed by atoms with Crippen LogP contribution in [-0.2, 0) is 9.53 Å². The van der Waals surface area contributed by atoms with Crippen LogP contribution in [0.2, 0.25) is 0 Å². The fourth-order valence-electron chi connectivity index (χ4n) is 4.84. The van der Waals surface area contributed by atoms with Gasteiger partial charge in [-0.05, 0) is 37.0 Å². The molecule has 4 aliphatic rings. The zero-order valence-electron chi connectivity index (χ0n) is 10.8. The van der Waals surface area contributed by atoms with Crippen LogP contribution in [0.15, 0.2) is 23.3 Å². The van der Waals surface area contributed by atoms with Crippen LogP contribution >= 0.6 is 0 Å². The van der Waals surface area contributed by atoms with Crippen molar-refractivity contribution in [3.63, 3.8) is 0 Å². The van der Waals surface area contributed by atoms with E-state index in [1.165, 1.54) is 12.0 Å². The summed E-state index contributed by atoms with van der Waals surface area (Å²) in [6.07, 6.45) is 1.30. The lowest BCUT2D eigenvalue weighted by atomic mass is 9.62. The van der Waals surface area contributed by atoms with Crippen molar-refractivity contribution in [2.45, 2.75) is 38.9 Å². The molecule has 0 bridgehead atoms. The Hall–Kier alpha value is -1.09. The number of aliphatic hydroxyl groups excluding tert-OH is 1. The van der Waals surface area contributed by atoms with Gasteiger partial charge in [-0.15, -0.1) is 0 Å². The predicted molar refractivity (Wildman–Crippen MR) is 65.5 cm³/mol. The van der Waals surface area contributed by atoms with Crippen LogP contribution in [-0.4, -0.2) is 23.3 Å². The third-order valence-corrected chi connectivity index (χ3v) is 5.82. The fourth-order valence-corrected chi connectivity index (χ4v) is 4.84. The standard InChI is InChI=1S/C15H18O3/c1-6-8-4-9(8)15(3)5-10-11(13(16)12(6)15)7(2)14(17)18-10/h8-10,12-13,16H,1,4-5H2,2-3H3. The quantitative estimate of drug-likeness (QED) is 0.524. The molecule has 3 aliphatic carbocycles. The maximum atomic E-state index is 11.7. The molecule has 6 atom stereocenters. The van der Waals surface area contributed by atoms with E-state index in [2.05, 4.69) is 13.5 Å². The van der Waals surface area contributed by atoms with Gasteiger partial charge in [-0.25, -0.2) is 4.79 Å². The number of aliphatic hydroxyl groups is 1. The number of hydrogen-bond donors (Lipinski definition) is 1. The zero-order valence-corrected chi connectivity index (χ0v) is 10.8. The lowest BCUT2D eigenvalue weighted by Crippen LogP contribution is -2.46. The SMILES string of the molecule is C=C1C2CC2C2(C)CC3OC(=O)C(C)=C3C(O)C12. The van der Waals surface area contributed by atoms with Gasteiger partial charge in [0.2, 0.25) is 0 Å². The second-order valence-corrected chi connectivity index (χ2v) is 6.63. The minimum Gasteiger partial charge on any atom is -0.454 e. The van der Waals surface area contributed by atoms with Gasteiger partial charge in [-0.1, -0.05) is 19.1 Å². The molecule has 0 aromatic carbocycles. The number of rotatable bonds is 0. The second kappa shape index (κ2) is 2.90. The van der Waals surface area contributed by atoms with Crippen LogP contribution in [0.1, 0.15) is 26.7 Å². The molecule has 4 rings (SSSR count). The van der Waals surface area contributed by atoms with Crippen LogP contribution in [0.3, 0.4) is 0 Å². The molecule has 3 heteroatoms. The van der Waals surface area contributed by atoms with Crippen molar-refractivity contribution in [1.29, 1.82) is 0 Å². The number of esters is 1. The number of hydrogen-bond acceptors (Lipinski definition) is 3. The van der Waals surface area contributed by atoms with Gasteiger partial charge >= 0.3 is 5.97 Å². The van der Waals surface area contributed by atoms with Crippen LogP contribution in [0.5, 0.6) is 0 Å². The summed E-state index contributed by atoms with van der Waals surface area (Å²) in [7, 11) is 0. The largest absolute Gasteiger partial charge is 0.454 e. The highest BCUT2D eigenvalue weighted by Crippen LogP contribution is 2.71. The molecular formula is C15H18O3. The maximum absolute atomic E-state index is 11.7. The van der Waals surface area contributed by atoms with Gasteiger partial charge in [0.1, 0.15) is 6.10 Å². The third kappa shape index (κ3) is 0.993. The normalized spacial score (nSPS) is 52.9. The first kappa shape index (κ1) is 10.8. The highest BCUT2D eigenvalue weighted by Gasteiger charge is 2.68. The monoisotopic (exact) mass is 246 g/mol. The molecule has 0 aromatic rings. The Balaban J connectivity index is 1.83. The smallest absolute Gasteiger partial charge is 0.334 e. The molecule has 0 aromatic heterocycles. The number of ether oxygens (including phenoxy) is 1. The van der Waals surface area contributed by atoms with Gasteiger partial charge in [-0.2, -0.15) is 0 Å². The molecule has 1 N–H and O–H groups in total. The Morgan fingerprint density at radius 1 is 1.50 bits per heavy atom. The maximum Gasteiger partial charge on any atom is 0.334 e. The van der Waals surface area contributed by atoms with Crippen molar-refractivity contribution < 1.29 is 14.6 Å². The topological polar surface area (TPSA) is 46.5 Å². The molecule has 1 aliphatic heterocycles. The average molecular weight is 246 g/mol. The molecule has 0 radical (unpaired) electrons. The van der Waals surface area contributed by atoms with Crippen molar-refractivity contribution in [2.75, 3.05) is 0 Å².